The molecule has 0 amide bonds. The van der Waals surface area contributed by atoms with Gasteiger partial charge in [-0.25, -0.2) is 0 Å². The first-order valence-corrected chi connectivity index (χ1v) is 4.65. The Bertz CT molecular complexity index is 136. The number of carbonyl (C=O) groups is 1. The lowest BCUT2D eigenvalue weighted by atomic mass is 10.1. The largest absolute Gasteiger partial charge is 0.298 e. The van der Waals surface area contributed by atoms with E-state index in [0.717, 1.165) is 18.3 Å². The normalized spacial score (nSPS) is 25.8. The van der Waals surface area contributed by atoms with E-state index in [1.54, 1.807) is 0 Å². The van der Waals surface area contributed by atoms with Crippen LogP contribution in [0.4, 0.5) is 0 Å². The first-order chi connectivity index (χ1) is 4.84. The Balaban J connectivity index is 2.38. The monoisotopic (exact) mass is 156 g/mol. The van der Waals surface area contributed by atoms with Crippen LogP contribution in [0.2, 0.25) is 0 Å². The number of thioether (sulfide) groups is 1. The predicted octanol–water partition coefficient (Wildman–Crippen LogP) is 2.03. The fourth-order valence-electron chi connectivity index (χ4n) is 1.11. The highest BCUT2D eigenvalue weighted by atomic mass is 32.2. The van der Waals surface area contributed by atoms with Crippen molar-refractivity contribution in [3.05, 3.63) is 12.2 Å². The maximum atomic E-state index is 10.3. The predicted molar refractivity (Wildman–Crippen MR) is 45.3 cm³/mol. The van der Waals surface area contributed by atoms with Gasteiger partial charge < -0.3 is 0 Å². The van der Waals surface area contributed by atoms with Gasteiger partial charge in [-0.05, 0) is 24.2 Å². The van der Waals surface area contributed by atoms with Gasteiger partial charge in [0.05, 0.1) is 0 Å². The summed E-state index contributed by atoms with van der Waals surface area (Å²) in [6, 6.07) is 0. The van der Waals surface area contributed by atoms with Gasteiger partial charge >= 0.3 is 0 Å². The van der Waals surface area contributed by atoms with Crippen LogP contribution in [0.3, 0.4) is 0 Å². The van der Waals surface area contributed by atoms with Crippen molar-refractivity contribution in [1.82, 2.24) is 0 Å². The second-order valence-corrected chi connectivity index (χ2v) is 3.86. The van der Waals surface area contributed by atoms with Crippen molar-refractivity contribution >= 4 is 18.0 Å². The molecule has 10 heavy (non-hydrogen) atoms. The van der Waals surface area contributed by atoms with Crippen molar-refractivity contribution in [2.24, 2.45) is 0 Å². The van der Waals surface area contributed by atoms with Crippen LogP contribution in [0, 0.1) is 0 Å². The Morgan fingerprint density at radius 1 is 1.60 bits per heavy atom. The van der Waals surface area contributed by atoms with Crippen LogP contribution in [0.15, 0.2) is 12.2 Å². The van der Waals surface area contributed by atoms with Crippen LogP contribution in [-0.2, 0) is 4.79 Å². The summed E-state index contributed by atoms with van der Waals surface area (Å²) in [6.45, 7) is 3.71. The van der Waals surface area contributed by atoms with Crippen LogP contribution >= 0.6 is 11.8 Å². The molecule has 0 bridgehead atoms. The van der Waals surface area contributed by atoms with Gasteiger partial charge in [-0.3, -0.25) is 4.79 Å². The smallest absolute Gasteiger partial charge is 0.146 e. The molecule has 1 nitrogen and oxygen atoms in total. The molecular formula is C8H12OS. The molecule has 1 saturated heterocycles. The average molecular weight is 156 g/mol. The van der Waals surface area contributed by atoms with Crippen LogP contribution in [-0.4, -0.2) is 17.3 Å². The van der Waals surface area contributed by atoms with Crippen molar-refractivity contribution in [2.75, 3.05) is 5.75 Å². The van der Waals surface area contributed by atoms with E-state index in [1.807, 2.05) is 11.8 Å². The summed E-state index contributed by atoms with van der Waals surface area (Å²) >= 11 is 1.87. The third-order valence-electron chi connectivity index (χ3n) is 1.74. The van der Waals surface area contributed by atoms with Crippen molar-refractivity contribution in [3.8, 4) is 0 Å². The van der Waals surface area contributed by atoms with Gasteiger partial charge in [0.2, 0.25) is 0 Å². The van der Waals surface area contributed by atoms with E-state index in [9.17, 15) is 4.79 Å². The Morgan fingerprint density at radius 2 is 2.40 bits per heavy atom. The number of aldehydes is 1. The number of hydrogen-bond acceptors (Lipinski definition) is 2. The molecule has 0 radical (unpaired) electrons. The van der Waals surface area contributed by atoms with Crippen LogP contribution < -0.4 is 0 Å². The van der Waals surface area contributed by atoms with Crippen molar-refractivity contribution < 1.29 is 4.79 Å². The Labute approximate surface area is 65.9 Å². The number of carbonyl (C=O) groups excluding carboxylic acids is 1. The lowest BCUT2D eigenvalue weighted by Gasteiger charge is -2.19. The van der Waals surface area contributed by atoms with Gasteiger partial charge in [0.1, 0.15) is 6.29 Å². The van der Waals surface area contributed by atoms with Crippen molar-refractivity contribution in [2.45, 2.75) is 24.5 Å². The van der Waals surface area contributed by atoms with Gasteiger partial charge in [0.25, 0.3) is 0 Å². The minimum atomic E-state index is 0.422. The molecule has 1 unspecified atom stereocenters. The molecule has 1 fully saturated rings. The molecule has 1 heterocycles. The Kier molecular flexibility index (Phi) is 3.00. The fourth-order valence-corrected chi connectivity index (χ4v) is 2.37. The van der Waals surface area contributed by atoms with E-state index in [4.69, 9.17) is 0 Å². The molecule has 0 aromatic carbocycles. The molecule has 0 saturated carbocycles. The summed E-state index contributed by atoms with van der Waals surface area (Å²) in [7, 11) is 0. The number of rotatable bonds is 2. The van der Waals surface area contributed by atoms with E-state index in [-0.39, 0.29) is 0 Å². The Morgan fingerprint density at radius 3 is 2.90 bits per heavy atom. The zero-order chi connectivity index (χ0) is 7.40. The van der Waals surface area contributed by atoms with Gasteiger partial charge in [-0.2, -0.15) is 11.8 Å². The standard InChI is InChI=1S/C8H12OS/c1-7(6-9)8-4-2-3-5-10-8/h6,8H,1-5H2. The summed E-state index contributed by atoms with van der Waals surface area (Å²) in [5, 5.41) is 0.422. The second-order valence-electron chi connectivity index (χ2n) is 2.55. The van der Waals surface area contributed by atoms with Crippen molar-refractivity contribution in [3.63, 3.8) is 0 Å². The van der Waals surface area contributed by atoms with Crippen LogP contribution in [0.5, 0.6) is 0 Å². The van der Waals surface area contributed by atoms with Gasteiger partial charge in [-0.15, -0.1) is 0 Å². The number of hydrogen-bond donors (Lipinski definition) is 0. The highest BCUT2D eigenvalue weighted by Gasteiger charge is 2.15. The summed E-state index contributed by atoms with van der Waals surface area (Å²) in [5.74, 6) is 1.19. The minimum Gasteiger partial charge on any atom is -0.298 e. The van der Waals surface area contributed by atoms with Gasteiger partial charge in [0, 0.05) is 5.25 Å². The van der Waals surface area contributed by atoms with Crippen molar-refractivity contribution in [1.29, 1.82) is 0 Å². The van der Waals surface area contributed by atoms with Crippen LogP contribution in [0.1, 0.15) is 19.3 Å². The summed E-state index contributed by atoms with van der Waals surface area (Å²) in [4.78, 5) is 10.3. The zero-order valence-corrected chi connectivity index (χ0v) is 6.82. The zero-order valence-electron chi connectivity index (χ0n) is 6.01. The highest BCUT2D eigenvalue weighted by molar-refractivity contribution is 8.00. The Hall–Kier alpha value is -0.240. The highest BCUT2D eigenvalue weighted by Crippen LogP contribution is 2.28. The fraction of sp³-hybridized carbons (Fsp3) is 0.625. The van der Waals surface area contributed by atoms with E-state index < -0.39 is 0 Å². The third-order valence-corrected chi connectivity index (χ3v) is 3.21. The summed E-state index contributed by atoms with van der Waals surface area (Å²) in [6.07, 6.45) is 4.59. The summed E-state index contributed by atoms with van der Waals surface area (Å²) < 4.78 is 0. The first kappa shape index (κ1) is 7.86. The second kappa shape index (κ2) is 3.81. The average Bonchev–Trinajstić information content (AvgIpc) is 2.05. The quantitative estimate of drug-likeness (QED) is 0.449. The van der Waals surface area contributed by atoms with Gasteiger partial charge in [0.15, 0.2) is 0 Å². The summed E-state index contributed by atoms with van der Waals surface area (Å²) in [5.41, 5.74) is 0.768. The topological polar surface area (TPSA) is 17.1 Å². The maximum Gasteiger partial charge on any atom is 0.146 e. The molecule has 56 valence electrons. The molecule has 0 spiro atoms. The molecule has 0 aromatic heterocycles. The molecule has 1 atom stereocenters. The molecule has 1 rings (SSSR count). The molecule has 1 aliphatic rings. The molecule has 0 aliphatic carbocycles. The maximum absolute atomic E-state index is 10.3. The SMILES string of the molecule is C=C(C=O)C1CCCCS1. The molecule has 2 heteroatoms. The van der Waals surface area contributed by atoms with E-state index in [1.165, 1.54) is 18.6 Å². The third kappa shape index (κ3) is 1.87. The van der Waals surface area contributed by atoms with E-state index in [0.29, 0.717) is 5.25 Å². The van der Waals surface area contributed by atoms with Crippen LogP contribution in [0.25, 0.3) is 0 Å². The molecule has 0 aromatic rings. The molecular weight excluding hydrogens is 144 g/mol. The lowest BCUT2D eigenvalue weighted by Crippen LogP contribution is -2.12. The van der Waals surface area contributed by atoms with E-state index in [2.05, 4.69) is 6.58 Å². The lowest BCUT2D eigenvalue weighted by molar-refractivity contribution is -0.105. The van der Waals surface area contributed by atoms with Gasteiger partial charge in [-0.1, -0.05) is 13.0 Å². The molecule has 0 N–H and O–H groups in total. The first-order valence-electron chi connectivity index (χ1n) is 3.60. The minimum absolute atomic E-state index is 0.422. The molecule has 1 aliphatic heterocycles. The van der Waals surface area contributed by atoms with E-state index >= 15 is 0 Å².